The molecule has 9 nitrogen and oxygen atoms in total. The van der Waals surface area contributed by atoms with Crippen molar-refractivity contribution in [2.75, 3.05) is 19.8 Å². The van der Waals surface area contributed by atoms with E-state index in [-0.39, 0.29) is 43.4 Å². The standard InChI is InChI=1S/C29H49N3O6/c1-3-4-5-6-7-8-9-10-11-21-36-28(34)23-25(14-13-22-37-29(35)26-15-12-17-31-26)38-27(33)16-19-32-20-18-30-24(32)2/h18,20,25-26,31H,3-17,19,21-23H2,1-2H3. The Hall–Kier alpha value is -2.42. The monoisotopic (exact) mass is 535 g/mol. The number of imidazole rings is 1. The molecule has 0 aliphatic carbocycles. The van der Waals surface area contributed by atoms with Crippen LogP contribution in [0, 0.1) is 6.92 Å². The van der Waals surface area contributed by atoms with E-state index >= 15 is 0 Å². The Morgan fingerprint density at radius 1 is 1.00 bits per heavy atom. The molecule has 2 rings (SSSR count). The number of aryl methyl sites for hydroxylation is 2. The van der Waals surface area contributed by atoms with E-state index in [2.05, 4.69) is 17.2 Å². The van der Waals surface area contributed by atoms with Crippen LogP contribution < -0.4 is 5.32 Å². The Bertz CT molecular complexity index is 806. The average Bonchev–Trinajstić information content (AvgIpc) is 3.58. The molecule has 38 heavy (non-hydrogen) atoms. The molecule has 1 N–H and O–H groups in total. The van der Waals surface area contributed by atoms with Crippen molar-refractivity contribution in [2.45, 2.75) is 129 Å². The molecule has 2 heterocycles. The molecular weight excluding hydrogens is 486 g/mol. The third kappa shape index (κ3) is 13.9. The molecule has 2 unspecified atom stereocenters. The molecule has 1 aromatic rings. The second kappa shape index (κ2) is 19.6. The highest BCUT2D eigenvalue weighted by molar-refractivity contribution is 5.76. The zero-order chi connectivity index (χ0) is 27.4. The van der Waals surface area contributed by atoms with Gasteiger partial charge >= 0.3 is 17.9 Å². The molecule has 1 aliphatic rings. The number of hydrogen-bond acceptors (Lipinski definition) is 8. The van der Waals surface area contributed by atoms with Gasteiger partial charge in [0.05, 0.1) is 26.1 Å². The lowest BCUT2D eigenvalue weighted by molar-refractivity contribution is -0.156. The molecule has 1 fully saturated rings. The Balaban J connectivity index is 1.67. The molecule has 0 saturated carbocycles. The van der Waals surface area contributed by atoms with Crippen molar-refractivity contribution in [3.8, 4) is 0 Å². The number of rotatable bonds is 21. The van der Waals surface area contributed by atoms with Gasteiger partial charge in [0.2, 0.25) is 0 Å². The minimum atomic E-state index is -0.606. The fourth-order valence-electron chi connectivity index (χ4n) is 4.61. The van der Waals surface area contributed by atoms with Crippen molar-refractivity contribution < 1.29 is 28.6 Å². The van der Waals surface area contributed by atoms with Crippen molar-refractivity contribution in [2.24, 2.45) is 0 Å². The number of nitrogens with one attached hydrogen (secondary N) is 1. The van der Waals surface area contributed by atoms with Crippen molar-refractivity contribution in [1.82, 2.24) is 14.9 Å². The molecule has 1 aromatic heterocycles. The fourth-order valence-corrected chi connectivity index (χ4v) is 4.61. The second-order valence-electron chi connectivity index (χ2n) is 10.2. The Labute approximate surface area is 228 Å². The van der Waals surface area contributed by atoms with Crippen LogP contribution in [0.3, 0.4) is 0 Å². The van der Waals surface area contributed by atoms with Crippen LogP contribution in [0.2, 0.25) is 0 Å². The first-order valence-corrected chi connectivity index (χ1v) is 14.7. The number of nitrogens with zero attached hydrogens (tertiary/aromatic N) is 2. The number of esters is 3. The van der Waals surface area contributed by atoms with Gasteiger partial charge < -0.3 is 24.1 Å². The summed E-state index contributed by atoms with van der Waals surface area (Å²) in [6.07, 6.45) is 16.6. The molecule has 0 bridgehead atoms. The first-order valence-electron chi connectivity index (χ1n) is 14.7. The molecule has 2 atom stereocenters. The van der Waals surface area contributed by atoms with E-state index in [4.69, 9.17) is 14.2 Å². The van der Waals surface area contributed by atoms with Crippen LogP contribution >= 0.6 is 0 Å². The lowest BCUT2D eigenvalue weighted by atomic mass is 10.1. The van der Waals surface area contributed by atoms with Crippen molar-refractivity contribution >= 4 is 17.9 Å². The van der Waals surface area contributed by atoms with Crippen LogP contribution in [0.25, 0.3) is 0 Å². The highest BCUT2D eigenvalue weighted by atomic mass is 16.6. The summed E-state index contributed by atoms with van der Waals surface area (Å²) in [5.74, 6) is -0.151. The van der Waals surface area contributed by atoms with Crippen LogP contribution in [-0.4, -0.2) is 59.4 Å². The largest absolute Gasteiger partial charge is 0.466 e. The lowest BCUT2D eigenvalue weighted by Crippen LogP contribution is -2.32. The Kier molecular flexibility index (Phi) is 16.4. The van der Waals surface area contributed by atoms with Crippen LogP contribution in [0.4, 0.5) is 0 Å². The number of unbranched alkanes of at least 4 members (excludes halogenated alkanes) is 8. The molecule has 0 radical (unpaired) electrons. The molecule has 0 amide bonds. The number of aromatic nitrogens is 2. The zero-order valence-electron chi connectivity index (χ0n) is 23.6. The number of carbonyl (C=O) groups excluding carboxylic acids is 3. The van der Waals surface area contributed by atoms with Gasteiger partial charge in [-0.15, -0.1) is 0 Å². The molecular formula is C29H49N3O6. The number of ether oxygens (including phenoxy) is 3. The maximum absolute atomic E-state index is 12.5. The minimum absolute atomic E-state index is 0.00536. The predicted octanol–water partition coefficient (Wildman–Crippen LogP) is 5.03. The van der Waals surface area contributed by atoms with E-state index in [9.17, 15) is 14.4 Å². The predicted molar refractivity (Wildman–Crippen MR) is 145 cm³/mol. The third-order valence-corrected chi connectivity index (χ3v) is 6.94. The Morgan fingerprint density at radius 3 is 2.37 bits per heavy atom. The van der Waals surface area contributed by atoms with Gasteiger partial charge in [0.1, 0.15) is 18.0 Å². The van der Waals surface area contributed by atoms with Gasteiger partial charge in [-0.2, -0.15) is 0 Å². The van der Waals surface area contributed by atoms with Gasteiger partial charge in [-0.3, -0.25) is 14.4 Å². The summed E-state index contributed by atoms with van der Waals surface area (Å²) < 4.78 is 18.3. The lowest BCUT2D eigenvalue weighted by Gasteiger charge is -2.18. The molecule has 216 valence electrons. The Morgan fingerprint density at radius 2 is 1.71 bits per heavy atom. The fraction of sp³-hybridized carbons (Fsp3) is 0.793. The second-order valence-corrected chi connectivity index (χ2v) is 10.2. The highest BCUT2D eigenvalue weighted by Crippen LogP contribution is 2.14. The SMILES string of the molecule is CCCCCCCCCCCOC(=O)CC(CCCOC(=O)C1CCCN1)OC(=O)CCn1ccnc1C. The van der Waals surface area contributed by atoms with Gasteiger partial charge in [-0.1, -0.05) is 58.3 Å². The summed E-state index contributed by atoms with van der Waals surface area (Å²) in [6, 6.07) is -0.230. The third-order valence-electron chi connectivity index (χ3n) is 6.94. The molecule has 1 saturated heterocycles. The van der Waals surface area contributed by atoms with Crippen molar-refractivity contribution in [3.05, 3.63) is 18.2 Å². The zero-order valence-corrected chi connectivity index (χ0v) is 23.6. The summed E-state index contributed by atoms with van der Waals surface area (Å²) in [7, 11) is 0. The summed E-state index contributed by atoms with van der Waals surface area (Å²) in [4.78, 5) is 41.2. The van der Waals surface area contributed by atoms with Gasteiger partial charge in [0.25, 0.3) is 0 Å². The summed E-state index contributed by atoms with van der Waals surface area (Å²) in [5.41, 5.74) is 0. The van der Waals surface area contributed by atoms with E-state index in [1.807, 2.05) is 17.7 Å². The van der Waals surface area contributed by atoms with Crippen LogP contribution in [0.15, 0.2) is 12.4 Å². The van der Waals surface area contributed by atoms with Crippen LogP contribution in [-0.2, 0) is 35.1 Å². The normalized spacial score (nSPS) is 15.8. The van der Waals surface area contributed by atoms with E-state index < -0.39 is 6.10 Å². The molecule has 0 spiro atoms. The van der Waals surface area contributed by atoms with Gasteiger partial charge in [0, 0.05) is 18.9 Å². The average molecular weight is 536 g/mol. The maximum Gasteiger partial charge on any atom is 0.323 e. The maximum atomic E-state index is 12.5. The number of hydrogen-bond donors (Lipinski definition) is 1. The first kappa shape index (κ1) is 31.8. The first-order chi connectivity index (χ1) is 18.5. The summed E-state index contributed by atoms with van der Waals surface area (Å²) in [6.45, 7) is 6.02. The minimum Gasteiger partial charge on any atom is -0.466 e. The van der Waals surface area contributed by atoms with E-state index in [1.165, 1.54) is 38.5 Å². The topological polar surface area (TPSA) is 109 Å². The smallest absolute Gasteiger partial charge is 0.323 e. The van der Waals surface area contributed by atoms with E-state index in [1.54, 1.807) is 6.20 Å². The van der Waals surface area contributed by atoms with Crippen molar-refractivity contribution in [3.63, 3.8) is 0 Å². The van der Waals surface area contributed by atoms with Gasteiger partial charge in [-0.25, -0.2) is 4.98 Å². The van der Waals surface area contributed by atoms with E-state index in [0.717, 1.165) is 44.5 Å². The van der Waals surface area contributed by atoms with Crippen LogP contribution in [0.1, 0.15) is 109 Å². The van der Waals surface area contributed by atoms with Crippen LogP contribution in [0.5, 0.6) is 0 Å². The summed E-state index contributed by atoms with van der Waals surface area (Å²) >= 11 is 0. The van der Waals surface area contributed by atoms with E-state index in [0.29, 0.717) is 26.0 Å². The highest BCUT2D eigenvalue weighted by Gasteiger charge is 2.24. The van der Waals surface area contributed by atoms with Gasteiger partial charge in [-0.05, 0) is 45.6 Å². The molecule has 9 heteroatoms. The quantitative estimate of drug-likeness (QED) is 0.133. The van der Waals surface area contributed by atoms with Crippen molar-refractivity contribution in [1.29, 1.82) is 0 Å². The number of carbonyl (C=O) groups is 3. The van der Waals surface area contributed by atoms with Gasteiger partial charge in [0.15, 0.2) is 0 Å². The molecule has 0 aromatic carbocycles. The molecule has 1 aliphatic heterocycles. The summed E-state index contributed by atoms with van der Waals surface area (Å²) in [5, 5.41) is 3.12.